The molecule has 106 valence electrons. The van der Waals surface area contributed by atoms with Gasteiger partial charge in [0.2, 0.25) is 10.4 Å². The van der Waals surface area contributed by atoms with E-state index in [0.29, 0.717) is 11.0 Å². The molecule has 0 fully saturated rings. The van der Waals surface area contributed by atoms with Crippen molar-refractivity contribution < 1.29 is 23.1 Å². The van der Waals surface area contributed by atoms with Crippen molar-refractivity contribution in [2.75, 3.05) is 27.2 Å². The normalized spacial score (nSPS) is 12.4. The van der Waals surface area contributed by atoms with Crippen molar-refractivity contribution in [2.45, 2.75) is 6.54 Å². The third-order valence-corrected chi connectivity index (χ3v) is 3.21. The van der Waals surface area contributed by atoms with Gasteiger partial charge in [-0.15, -0.1) is 0 Å². The molecule has 0 atom stereocenters. The highest BCUT2D eigenvalue weighted by molar-refractivity contribution is 7.80. The van der Waals surface area contributed by atoms with E-state index in [1.54, 1.807) is 6.08 Å². The standard InChI is InChI=1S/C13H19NO4S/c1-4-12-5-7-13(8-6-12)11-14(2,3)9-10-18-19(15,16)17/h4-8H,1,9-11H2,2-3H3/p+1. The topological polar surface area (TPSA) is 66.4 Å². The Kier molecular flexibility index (Phi) is 5.25. The van der Waals surface area contributed by atoms with Gasteiger partial charge in [-0.3, -0.25) is 4.18 Å². The van der Waals surface area contributed by atoms with E-state index in [2.05, 4.69) is 10.8 Å². The SMILES string of the molecule is C=Cc1ccc(C[N+](C)(C)CCOS(=O)(=O)[O-])cc1.[H+]. The molecule has 0 bridgehead atoms. The van der Waals surface area contributed by atoms with Crippen LogP contribution < -0.4 is 0 Å². The summed E-state index contributed by atoms with van der Waals surface area (Å²) in [5.41, 5.74) is 2.18. The minimum atomic E-state index is -4.60. The van der Waals surface area contributed by atoms with Crippen molar-refractivity contribution in [3.8, 4) is 0 Å². The molecule has 0 aliphatic heterocycles. The van der Waals surface area contributed by atoms with Gasteiger partial charge in [0.05, 0.1) is 14.1 Å². The number of nitrogens with zero attached hydrogens (tertiary/aromatic N) is 1. The molecule has 1 rings (SSSR count). The Morgan fingerprint density at radius 3 is 2.42 bits per heavy atom. The third-order valence-electron chi connectivity index (χ3n) is 2.75. The van der Waals surface area contributed by atoms with Crippen LogP contribution in [-0.2, 0) is 21.1 Å². The molecular formula is C13H20NO4S+. The molecule has 0 unspecified atom stereocenters. The maximum atomic E-state index is 10.4. The average Bonchev–Trinajstić information content (AvgIpc) is 2.27. The first-order valence-electron chi connectivity index (χ1n) is 5.85. The van der Waals surface area contributed by atoms with Crippen LogP contribution in [0.15, 0.2) is 30.8 Å². The van der Waals surface area contributed by atoms with Crippen LogP contribution in [0.3, 0.4) is 0 Å². The number of benzene rings is 1. The lowest BCUT2D eigenvalue weighted by Crippen LogP contribution is -2.41. The van der Waals surface area contributed by atoms with Gasteiger partial charge in [0.15, 0.2) is 0 Å². The number of rotatable bonds is 7. The van der Waals surface area contributed by atoms with Gasteiger partial charge in [-0.25, -0.2) is 8.42 Å². The summed E-state index contributed by atoms with van der Waals surface area (Å²) in [7, 11) is -0.706. The Morgan fingerprint density at radius 1 is 1.37 bits per heavy atom. The fraction of sp³-hybridized carbons (Fsp3) is 0.385. The van der Waals surface area contributed by atoms with Crippen LogP contribution in [0.1, 0.15) is 12.6 Å². The van der Waals surface area contributed by atoms with Crippen molar-refractivity contribution >= 4 is 16.5 Å². The van der Waals surface area contributed by atoms with Crippen molar-refractivity contribution in [3.05, 3.63) is 42.0 Å². The summed E-state index contributed by atoms with van der Waals surface area (Å²) in [5.74, 6) is 0. The lowest BCUT2D eigenvalue weighted by molar-refractivity contribution is -0.903. The Balaban J connectivity index is 0.00000361. The summed E-state index contributed by atoms with van der Waals surface area (Å²) >= 11 is 0. The highest BCUT2D eigenvalue weighted by Crippen LogP contribution is 2.11. The Bertz CT molecular complexity index is 526. The second kappa shape index (κ2) is 6.29. The van der Waals surface area contributed by atoms with E-state index in [0.717, 1.165) is 17.7 Å². The molecule has 0 spiro atoms. The lowest BCUT2D eigenvalue weighted by atomic mass is 10.1. The van der Waals surface area contributed by atoms with Gasteiger partial charge in [-0.05, 0) is 5.56 Å². The highest BCUT2D eigenvalue weighted by atomic mass is 32.3. The Morgan fingerprint density at radius 2 is 1.95 bits per heavy atom. The predicted molar refractivity (Wildman–Crippen MR) is 74.0 cm³/mol. The van der Waals surface area contributed by atoms with Crippen LogP contribution in [0, 0.1) is 0 Å². The molecule has 0 aromatic heterocycles. The fourth-order valence-corrected chi connectivity index (χ4v) is 2.00. The van der Waals surface area contributed by atoms with Crippen molar-refractivity contribution in [1.29, 1.82) is 0 Å². The van der Waals surface area contributed by atoms with Gasteiger partial charge < -0.3 is 9.04 Å². The fourth-order valence-electron chi connectivity index (χ4n) is 1.72. The summed E-state index contributed by atoms with van der Waals surface area (Å²) in [5, 5.41) is 0. The summed E-state index contributed by atoms with van der Waals surface area (Å²) in [6.07, 6.45) is 1.77. The molecule has 0 amide bonds. The molecule has 5 nitrogen and oxygen atoms in total. The molecule has 0 saturated carbocycles. The maximum absolute atomic E-state index is 10.4. The molecule has 0 heterocycles. The monoisotopic (exact) mass is 286 g/mol. The molecule has 1 aromatic rings. The molecule has 0 N–H and O–H groups in total. The maximum Gasteiger partial charge on any atom is 1.00 e. The first-order chi connectivity index (χ1) is 8.72. The van der Waals surface area contributed by atoms with Crippen molar-refractivity contribution in [2.24, 2.45) is 0 Å². The molecule has 0 saturated heterocycles. The van der Waals surface area contributed by atoms with E-state index in [-0.39, 0.29) is 8.03 Å². The number of hydrogen-bond donors (Lipinski definition) is 0. The first-order valence-corrected chi connectivity index (χ1v) is 7.19. The van der Waals surface area contributed by atoms with Crippen LogP contribution in [-0.4, -0.2) is 44.7 Å². The van der Waals surface area contributed by atoms with Gasteiger partial charge >= 0.3 is 1.43 Å². The van der Waals surface area contributed by atoms with Gasteiger partial charge in [0.1, 0.15) is 19.7 Å². The first kappa shape index (κ1) is 15.8. The minimum Gasteiger partial charge on any atom is -0.726 e. The molecule has 1 aromatic carbocycles. The number of likely N-dealkylation sites (N-methyl/N-ethyl adjacent to an activating group) is 1. The van der Waals surface area contributed by atoms with E-state index in [9.17, 15) is 13.0 Å². The summed E-state index contributed by atoms with van der Waals surface area (Å²) in [6.45, 7) is 4.74. The zero-order valence-electron chi connectivity index (χ0n) is 12.2. The van der Waals surface area contributed by atoms with Crippen LogP contribution in [0.2, 0.25) is 0 Å². The predicted octanol–water partition coefficient (Wildman–Crippen LogP) is 1.50. The largest absolute Gasteiger partial charge is 1.00 e. The second-order valence-electron chi connectivity index (χ2n) is 4.99. The van der Waals surface area contributed by atoms with E-state index in [1.807, 2.05) is 38.4 Å². The van der Waals surface area contributed by atoms with Gasteiger partial charge in [0.25, 0.3) is 0 Å². The zero-order valence-corrected chi connectivity index (χ0v) is 12.0. The lowest BCUT2D eigenvalue weighted by Gasteiger charge is -2.29. The zero-order chi connectivity index (χ0) is 14.5. The van der Waals surface area contributed by atoms with E-state index in [4.69, 9.17) is 0 Å². The van der Waals surface area contributed by atoms with E-state index >= 15 is 0 Å². The van der Waals surface area contributed by atoms with Crippen molar-refractivity contribution in [1.82, 2.24) is 0 Å². The smallest absolute Gasteiger partial charge is 0.726 e. The Hall–Kier alpha value is -1.21. The van der Waals surface area contributed by atoms with Crippen molar-refractivity contribution in [3.63, 3.8) is 0 Å². The van der Waals surface area contributed by atoms with Crippen LogP contribution >= 0.6 is 0 Å². The minimum absolute atomic E-state index is 0. The molecular weight excluding hydrogens is 266 g/mol. The molecule has 0 aliphatic carbocycles. The number of quaternary nitrogens is 1. The van der Waals surface area contributed by atoms with E-state index in [1.165, 1.54) is 0 Å². The third kappa shape index (κ3) is 6.49. The van der Waals surface area contributed by atoms with Gasteiger partial charge in [-0.1, -0.05) is 36.9 Å². The average molecular weight is 286 g/mol. The van der Waals surface area contributed by atoms with Crippen LogP contribution in [0.4, 0.5) is 0 Å². The quantitative estimate of drug-likeness (QED) is 0.433. The summed E-state index contributed by atoms with van der Waals surface area (Å²) in [4.78, 5) is 0. The number of hydrogen-bond acceptors (Lipinski definition) is 4. The van der Waals surface area contributed by atoms with Crippen LogP contribution in [0.5, 0.6) is 0 Å². The molecule has 19 heavy (non-hydrogen) atoms. The van der Waals surface area contributed by atoms with Crippen LogP contribution in [0.25, 0.3) is 6.08 Å². The summed E-state index contributed by atoms with van der Waals surface area (Å²) in [6, 6.07) is 7.95. The molecule has 6 heteroatoms. The molecule has 0 radical (unpaired) electrons. The molecule has 0 aliphatic rings. The van der Waals surface area contributed by atoms with Gasteiger partial charge in [-0.2, -0.15) is 0 Å². The highest BCUT2D eigenvalue weighted by Gasteiger charge is 2.16. The second-order valence-corrected chi connectivity index (χ2v) is 6.05. The summed E-state index contributed by atoms with van der Waals surface area (Å²) < 4.78 is 35.8. The van der Waals surface area contributed by atoms with Gasteiger partial charge in [0, 0.05) is 5.56 Å². The Labute approximate surface area is 116 Å². The van der Waals surface area contributed by atoms with E-state index < -0.39 is 10.4 Å².